The molecule has 22 nitrogen and oxygen atoms in total. The Bertz CT molecular complexity index is 2280. The molecule has 2 amide bonds. The maximum atomic E-state index is 14.0. The van der Waals surface area contributed by atoms with E-state index in [4.69, 9.17) is 63.2 Å². The van der Waals surface area contributed by atoms with Crippen molar-refractivity contribution < 1.29 is 66.9 Å². The number of amidine groups is 1. The Hall–Kier alpha value is -6.36. The van der Waals surface area contributed by atoms with E-state index in [1.807, 2.05) is 54.3 Å². The SMILES string of the molecule is CCCN(CCC/N=C(/NCCOCCOCCOCCOCCOCCOCCOCCOCCOCCOCCC(=O)O)Nc1cccc(C#N)c1)C(=O)C1=Cc2ccc(C(=O)Nc3ccccc3)cc2N=C(N)C1. The zero-order chi connectivity index (χ0) is 54.8. The molecule has 422 valence electrons. The molecule has 1 heterocycles. The van der Waals surface area contributed by atoms with Crippen LogP contribution >= 0.6 is 0 Å². The van der Waals surface area contributed by atoms with Crippen LogP contribution < -0.4 is 21.7 Å². The molecule has 1 aliphatic rings. The van der Waals surface area contributed by atoms with Crippen LogP contribution in [0.25, 0.3) is 6.08 Å². The first-order valence-electron chi connectivity index (χ1n) is 26.1. The maximum Gasteiger partial charge on any atom is 0.305 e. The summed E-state index contributed by atoms with van der Waals surface area (Å²) in [5.74, 6) is -0.506. The van der Waals surface area contributed by atoms with Crippen molar-refractivity contribution in [2.24, 2.45) is 15.7 Å². The molecule has 0 aromatic heterocycles. The summed E-state index contributed by atoms with van der Waals surface area (Å²) in [5.41, 5.74) is 10.4. The van der Waals surface area contributed by atoms with Crippen LogP contribution in [0.1, 0.15) is 54.1 Å². The molecule has 0 unspecified atom stereocenters. The van der Waals surface area contributed by atoms with E-state index in [-0.39, 0.29) is 37.1 Å². The minimum absolute atomic E-state index is 0.0169. The lowest BCUT2D eigenvalue weighted by atomic mass is 10.0. The van der Waals surface area contributed by atoms with Gasteiger partial charge >= 0.3 is 5.97 Å². The fourth-order valence-electron chi connectivity index (χ4n) is 7.06. The molecule has 6 N–H and O–H groups in total. The zero-order valence-corrected chi connectivity index (χ0v) is 44.4. The highest BCUT2D eigenvalue weighted by Gasteiger charge is 2.22. The molecule has 1 aliphatic heterocycles. The van der Waals surface area contributed by atoms with E-state index in [1.54, 1.807) is 36.4 Å². The van der Waals surface area contributed by atoms with Gasteiger partial charge in [-0.25, -0.2) is 4.99 Å². The molecular formula is C55H78N8O14. The van der Waals surface area contributed by atoms with Crippen molar-refractivity contribution in [3.63, 3.8) is 0 Å². The van der Waals surface area contributed by atoms with Gasteiger partial charge in [0.2, 0.25) is 5.91 Å². The number of nitrogens with two attached hydrogens (primary N) is 1. The lowest BCUT2D eigenvalue weighted by Crippen LogP contribution is -2.36. The number of carbonyl (C=O) groups excluding carboxylic acids is 2. The van der Waals surface area contributed by atoms with E-state index < -0.39 is 5.97 Å². The second-order valence-electron chi connectivity index (χ2n) is 16.9. The Balaban J connectivity index is 1.02. The van der Waals surface area contributed by atoms with Gasteiger partial charge in [0.15, 0.2) is 5.96 Å². The number of anilines is 2. The summed E-state index contributed by atoms with van der Waals surface area (Å²) in [5, 5.41) is 27.4. The molecule has 0 radical (unpaired) electrons. The van der Waals surface area contributed by atoms with Crippen LogP contribution in [0, 0.1) is 11.3 Å². The Morgan fingerprint density at radius 2 is 1.19 bits per heavy atom. The van der Waals surface area contributed by atoms with Gasteiger partial charge in [-0.2, -0.15) is 5.26 Å². The number of hydrogen-bond acceptors (Lipinski definition) is 17. The average Bonchev–Trinajstić information content (AvgIpc) is 3.60. The number of benzene rings is 3. The lowest BCUT2D eigenvalue weighted by Gasteiger charge is -2.23. The summed E-state index contributed by atoms with van der Waals surface area (Å²) in [6.45, 7) is 12.2. The molecule has 0 spiro atoms. The summed E-state index contributed by atoms with van der Waals surface area (Å²) in [7, 11) is 0. The molecule has 0 fully saturated rings. The molecule has 0 saturated carbocycles. The number of hydrogen-bond donors (Lipinski definition) is 5. The van der Waals surface area contributed by atoms with E-state index in [9.17, 15) is 19.6 Å². The van der Waals surface area contributed by atoms with Crippen molar-refractivity contribution in [1.82, 2.24) is 10.2 Å². The third kappa shape index (κ3) is 29.1. The van der Waals surface area contributed by atoms with Gasteiger partial charge in [-0.1, -0.05) is 37.3 Å². The highest BCUT2D eigenvalue weighted by Crippen LogP contribution is 2.29. The number of guanidine groups is 1. The Kier molecular flexibility index (Phi) is 33.5. The number of nitrogens with one attached hydrogen (secondary N) is 3. The third-order valence-corrected chi connectivity index (χ3v) is 10.8. The summed E-state index contributed by atoms with van der Waals surface area (Å²) in [4.78, 5) is 48.6. The molecule has 77 heavy (non-hydrogen) atoms. The molecule has 3 aromatic carbocycles. The van der Waals surface area contributed by atoms with Crippen LogP contribution in [-0.2, 0) is 57.0 Å². The third-order valence-electron chi connectivity index (χ3n) is 10.8. The van der Waals surface area contributed by atoms with Crippen molar-refractivity contribution in [1.29, 1.82) is 5.26 Å². The van der Waals surface area contributed by atoms with Crippen molar-refractivity contribution in [2.75, 3.05) is 169 Å². The van der Waals surface area contributed by atoms with Crippen LogP contribution in [0.15, 0.2) is 88.4 Å². The van der Waals surface area contributed by atoms with Crippen molar-refractivity contribution in [3.8, 4) is 6.07 Å². The van der Waals surface area contributed by atoms with Gasteiger partial charge in [0.05, 0.1) is 156 Å². The molecular weight excluding hydrogens is 997 g/mol. The van der Waals surface area contributed by atoms with Crippen LogP contribution in [0.2, 0.25) is 0 Å². The first-order valence-corrected chi connectivity index (χ1v) is 26.1. The smallest absolute Gasteiger partial charge is 0.305 e. The number of carboxylic acids is 1. The molecule has 4 rings (SSSR count). The Morgan fingerprint density at radius 1 is 0.662 bits per heavy atom. The number of para-hydroxylation sites is 1. The van der Waals surface area contributed by atoms with Gasteiger partial charge in [0, 0.05) is 60.7 Å². The minimum atomic E-state index is -0.885. The fraction of sp³-hybridized carbons (Fsp3) is 0.527. The number of aliphatic carboxylic acids is 1. The number of nitriles is 1. The second-order valence-corrected chi connectivity index (χ2v) is 16.9. The molecule has 22 heteroatoms. The van der Waals surface area contributed by atoms with Gasteiger partial charge in [0.25, 0.3) is 5.91 Å². The second kappa shape index (κ2) is 40.8. The molecule has 0 atom stereocenters. The maximum absolute atomic E-state index is 14.0. The first kappa shape index (κ1) is 63.2. The normalized spacial score (nSPS) is 12.2. The summed E-state index contributed by atoms with van der Waals surface area (Å²) >= 11 is 0. The number of fused-ring (bicyclic) bond motifs is 1. The topological polar surface area (TPSA) is 278 Å². The highest BCUT2D eigenvalue weighted by atomic mass is 16.6. The molecule has 0 aliphatic carbocycles. The van der Waals surface area contributed by atoms with E-state index in [0.29, 0.717) is 203 Å². The number of carboxylic acid groups (broad SMARTS) is 1. The van der Waals surface area contributed by atoms with Crippen LogP contribution in [-0.4, -0.2) is 198 Å². The average molecular weight is 1080 g/mol. The van der Waals surface area contributed by atoms with Gasteiger partial charge < -0.3 is 79.1 Å². The van der Waals surface area contributed by atoms with E-state index in [2.05, 4.69) is 27.0 Å². The number of aliphatic imine (C=N–C) groups is 2. The van der Waals surface area contributed by atoms with Crippen LogP contribution in [0.4, 0.5) is 17.1 Å². The monoisotopic (exact) mass is 1070 g/mol. The number of carbonyl (C=O) groups is 3. The predicted octanol–water partition coefficient (Wildman–Crippen LogP) is 4.91. The van der Waals surface area contributed by atoms with Crippen LogP contribution in [0.5, 0.6) is 0 Å². The van der Waals surface area contributed by atoms with E-state index in [1.165, 1.54) is 0 Å². The molecule has 0 saturated heterocycles. The zero-order valence-electron chi connectivity index (χ0n) is 44.4. The Morgan fingerprint density at radius 3 is 1.73 bits per heavy atom. The van der Waals surface area contributed by atoms with Crippen molar-refractivity contribution in [2.45, 2.75) is 32.6 Å². The van der Waals surface area contributed by atoms with Gasteiger partial charge in [-0.15, -0.1) is 0 Å². The van der Waals surface area contributed by atoms with Gasteiger partial charge in [-0.05, 0) is 61.4 Å². The standard InChI is InChI=1S/C55H78N8O14/c1-2-17-63(54(67)47-40-45-12-13-46(41-50(45)62-51(57)42-47)53(66)60-48-9-4-3-5-10-48)18-7-15-58-55(61-49-11-6-8-44(39-49)43-56)59-16-20-69-22-24-71-26-28-73-30-32-75-34-36-77-38-37-76-35-33-74-31-29-72-27-25-70-23-21-68-19-14-52(64)65/h3-6,8-13,39-41H,2,7,14-38,42H2,1H3,(H2,57,62)(H,60,66)(H,64,65)(H2,58,59,61). The number of amides is 2. The van der Waals surface area contributed by atoms with Crippen molar-refractivity contribution in [3.05, 3.63) is 95.1 Å². The lowest BCUT2D eigenvalue weighted by molar-refractivity contribution is -0.138. The number of nitrogens with zero attached hydrogens (tertiary/aromatic N) is 4. The largest absolute Gasteiger partial charge is 0.481 e. The number of ether oxygens (including phenoxy) is 10. The fourth-order valence-corrected chi connectivity index (χ4v) is 7.06. The van der Waals surface area contributed by atoms with E-state index >= 15 is 0 Å². The van der Waals surface area contributed by atoms with E-state index in [0.717, 1.165) is 6.42 Å². The van der Waals surface area contributed by atoms with Crippen molar-refractivity contribution >= 4 is 52.7 Å². The molecule has 3 aromatic rings. The Labute approximate surface area is 452 Å². The minimum Gasteiger partial charge on any atom is -0.481 e. The highest BCUT2D eigenvalue weighted by molar-refractivity contribution is 6.08. The number of rotatable bonds is 43. The van der Waals surface area contributed by atoms with Crippen LogP contribution in [0.3, 0.4) is 0 Å². The summed E-state index contributed by atoms with van der Waals surface area (Å²) < 4.78 is 54.9. The predicted molar refractivity (Wildman–Crippen MR) is 292 cm³/mol. The first-order chi connectivity index (χ1) is 37.7. The van der Waals surface area contributed by atoms with Gasteiger partial charge in [-0.3, -0.25) is 19.4 Å². The quantitative estimate of drug-likeness (QED) is 0.0286. The molecule has 0 bridgehead atoms. The van der Waals surface area contributed by atoms with Gasteiger partial charge in [0.1, 0.15) is 5.84 Å². The summed E-state index contributed by atoms with van der Waals surface area (Å²) in [6, 6.07) is 23.7. The summed E-state index contributed by atoms with van der Waals surface area (Å²) in [6.07, 6.45) is 3.30.